The molecule has 1 fully saturated rings. The first-order chi connectivity index (χ1) is 17.5. The van der Waals surface area contributed by atoms with Crippen molar-refractivity contribution in [1.82, 2.24) is 15.5 Å². The van der Waals surface area contributed by atoms with E-state index in [-0.39, 0.29) is 12.6 Å². The highest BCUT2D eigenvalue weighted by Crippen LogP contribution is 2.30. The van der Waals surface area contributed by atoms with Crippen molar-refractivity contribution in [3.8, 4) is 5.75 Å². The lowest BCUT2D eigenvalue weighted by atomic mass is 9.95. The number of urea groups is 1. The summed E-state index contributed by atoms with van der Waals surface area (Å²) in [5.74, 6) is 0.238. The smallest absolute Gasteiger partial charge is 0.338 e. The Kier molecular flexibility index (Phi) is 8.45. The normalized spacial score (nSPS) is 18.1. The number of nitrogens with zero attached hydrogens (tertiary/aromatic N) is 2. The number of carbonyl (C=O) groups excluding carboxylic acids is 2. The summed E-state index contributed by atoms with van der Waals surface area (Å²) in [4.78, 5) is 30.1. The number of benzene rings is 2. The first-order valence-electron chi connectivity index (χ1n) is 12.2. The quantitative estimate of drug-likeness (QED) is 0.518. The van der Waals surface area contributed by atoms with Gasteiger partial charge in [0.2, 0.25) is 0 Å². The molecule has 2 amide bonds. The topological polar surface area (TPSA) is 92.4 Å². The molecule has 0 saturated carbocycles. The number of hydrogen-bond acceptors (Lipinski definition) is 7. The van der Waals surface area contributed by atoms with Crippen molar-refractivity contribution in [3.05, 3.63) is 70.9 Å². The average Bonchev–Trinajstić information content (AvgIpc) is 2.89. The second kappa shape index (κ2) is 11.9. The molecule has 9 nitrogen and oxygen atoms in total. The van der Waals surface area contributed by atoms with Gasteiger partial charge in [0, 0.05) is 37.6 Å². The van der Waals surface area contributed by atoms with Gasteiger partial charge in [0.15, 0.2) is 0 Å². The molecule has 2 aliphatic heterocycles. The predicted octanol–water partition coefficient (Wildman–Crippen LogP) is 2.83. The van der Waals surface area contributed by atoms with Crippen LogP contribution < -0.4 is 20.3 Å². The van der Waals surface area contributed by atoms with Crippen LogP contribution in [0.2, 0.25) is 0 Å². The number of ether oxygens (including phenoxy) is 3. The molecule has 0 aromatic heterocycles. The van der Waals surface area contributed by atoms with Crippen molar-refractivity contribution in [2.75, 3.05) is 58.5 Å². The summed E-state index contributed by atoms with van der Waals surface area (Å²) < 4.78 is 16.2. The molecule has 0 bridgehead atoms. The number of rotatable bonds is 9. The molecule has 0 aliphatic carbocycles. The maximum Gasteiger partial charge on any atom is 0.338 e. The molecule has 1 unspecified atom stereocenters. The molecule has 1 saturated heterocycles. The van der Waals surface area contributed by atoms with Crippen LogP contribution in [0.15, 0.2) is 59.8 Å². The van der Waals surface area contributed by atoms with Crippen molar-refractivity contribution >= 4 is 17.7 Å². The van der Waals surface area contributed by atoms with Gasteiger partial charge in [0.25, 0.3) is 0 Å². The fourth-order valence-electron chi connectivity index (χ4n) is 4.61. The number of carbonyl (C=O) groups is 2. The van der Waals surface area contributed by atoms with E-state index in [0.717, 1.165) is 18.7 Å². The van der Waals surface area contributed by atoms with Crippen LogP contribution in [0.3, 0.4) is 0 Å². The SMILES string of the molecule is CCOC(=O)C1=C(CN(C)Cc2ccccc2N2CCOCC2)NC(=O)NC1c1ccc(OC)cc1. The Morgan fingerprint density at radius 2 is 1.83 bits per heavy atom. The van der Waals surface area contributed by atoms with E-state index in [0.29, 0.717) is 43.3 Å². The Hall–Kier alpha value is -3.56. The lowest BCUT2D eigenvalue weighted by Gasteiger charge is -2.33. The largest absolute Gasteiger partial charge is 0.497 e. The van der Waals surface area contributed by atoms with Crippen LogP contribution in [0, 0.1) is 0 Å². The molecule has 0 radical (unpaired) electrons. The van der Waals surface area contributed by atoms with Gasteiger partial charge in [-0.15, -0.1) is 0 Å². The Bertz CT molecular complexity index is 1100. The summed E-state index contributed by atoms with van der Waals surface area (Å²) >= 11 is 0. The molecule has 2 heterocycles. The average molecular weight is 495 g/mol. The number of para-hydroxylation sites is 1. The van der Waals surface area contributed by atoms with Gasteiger partial charge < -0.3 is 29.7 Å². The van der Waals surface area contributed by atoms with E-state index in [2.05, 4.69) is 32.6 Å². The molecular formula is C27H34N4O5. The second-order valence-corrected chi connectivity index (χ2v) is 8.82. The van der Waals surface area contributed by atoms with E-state index in [9.17, 15) is 9.59 Å². The van der Waals surface area contributed by atoms with Gasteiger partial charge in [0.05, 0.1) is 38.5 Å². The van der Waals surface area contributed by atoms with Crippen molar-refractivity contribution in [3.63, 3.8) is 0 Å². The van der Waals surface area contributed by atoms with Crippen LogP contribution >= 0.6 is 0 Å². The molecule has 192 valence electrons. The summed E-state index contributed by atoms with van der Waals surface area (Å²) in [7, 11) is 3.57. The van der Waals surface area contributed by atoms with E-state index in [1.807, 2.05) is 31.3 Å². The minimum Gasteiger partial charge on any atom is -0.497 e. The van der Waals surface area contributed by atoms with Gasteiger partial charge in [-0.25, -0.2) is 9.59 Å². The minimum atomic E-state index is -0.632. The standard InChI is InChI=1S/C27H34N4O5/c1-4-36-26(32)24-22(28-27(33)29-25(24)19-9-11-21(34-3)12-10-19)18-30(2)17-20-7-5-6-8-23(20)31-13-15-35-16-14-31/h5-12,25H,4,13-18H2,1-3H3,(H2,28,29,33). The summed E-state index contributed by atoms with van der Waals surface area (Å²) in [6.07, 6.45) is 0. The number of hydrogen-bond donors (Lipinski definition) is 2. The zero-order chi connectivity index (χ0) is 25.5. The van der Waals surface area contributed by atoms with Crippen LogP contribution in [0.1, 0.15) is 24.1 Å². The number of methoxy groups -OCH3 is 1. The molecule has 2 N–H and O–H groups in total. The Balaban J connectivity index is 1.61. The van der Waals surface area contributed by atoms with Gasteiger partial charge in [-0.05, 0) is 43.3 Å². The molecule has 9 heteroatoms. The monoisotopic (exact) mass is 494 g/mol. The van der Waals surface area contributed by atoms with E-state index in [4.69, 9.17) is 14.2 Å². The highest BCUT2D eigenvalue weighted by atomic mass is 16.5. The summed E-state index contributed by atoms with van der Waals surface area (Å²) in [6.45, 7) is 6.15. The van der Waals surface area contributed by atoms with Crippen molar-refractivity contribution in [1.29, 1.82) is 0 Å². The van der Waals surface area contributed by atoms with Gasteiger partial charge in [-0.1, -0.05) is 30.3 Å². The van der Waals surface area contributed by atoms with E-state index >= 15 is 0 Å². The predicted molar refractivity (Wildman–Crippen MR) is 137 cm³/mol. The van der Waals surface area contributed by atoms with Crippen LogP contribution in [0.5, 0.6) is 5.75 Å². The Labute approximate surface area is 212 Å². The zero-order valence-corrected chi connectivity index (χ0v) is 21.1. The first kappa shape index (κ1) is 25.5. The van der Waals surface area contributed by atoms with E-state index in [1.165, 1.54) is 11.3 Å². The molecule has 0 spiro atoms. The lowest BCUT2D eigenvalue weighted by molar-refractivity contribution is -0.139. The molecule has 1 atom stereocenters. The number of nitrogens with one attached hydrogen (secondary N) is 2. The number of morpholine rings is 1. The van der Waals surface area contributed by atoms with Crippen molar-refractivity contribution in [2.45, 2.75) is 19.5 Å². The van der Waals surface area contributed by atoms with Crippen molar-refractivity contribution in [2.24, 2.45) is 0 Å². The fourth-order valence-corrected chi connectivity index (χ4v) is 4.61. The first-order valence-corrected chi connectivity index (χ1v) is 12.2. The highest BCUT2D eigenvalue weighted by Gasteiger charge is 2.34. The molecule has 36 heavy (non-hydrogen) atoms. The van der Waals surface area contributed by atoms with Gasteiger partial charge in [-0.2, -0.15) is 0 Å². The number of likely N-dealkylation sites (N-methyl/N-ethyl adjacent to an activating group) is 1. The molecule has 4 rings (SSSR count). The maximum absolute atomic E-state index is 13.1. The van der Waals surface area contributed by atoms with Crippen LogP contribution in [-0.2, 0) is 20.8 Å². The molecular weight excluding hydrogens is 460 g/mol. The number of esters is 1. The molecule has 2 aliphatic rings. The van der Waals surface area contributed by atoms with E-state index < -0.39 is 12.0 Å². The Morgan fingerprint density at radius 3 is 2.53 bits per heavy atom. The van der Waals surface area contributed by atoms with Crippen LogP contribution in [0.4, 0.5) is 10.5 Å². The molecule has 2 aromatic carbocycles. The summed E-state index contributed by atoms with van der Waals surface area (Å²) in [5, 5.41) is 5.74. The number of anilines is 1. The highest BCUT2D eigenvalue weighted by molar-refractivity contribution is 5.95. The summed E-state index contributed by atoms with van der Waals surface area (Å²) in [5.41, 5.74) is 4.05. The third-order valence-electron chi connectivity index (χ3n) is 6.31. The third kappa shape index (κ3) is 5.98. The maximum atomic E-state index is 13.1. The number of amides is 2. The summed E-state index contributed by atoms with van der Waals surface area (Å²) in [6, 6.07) is 14.6. The van der Waals surface area contributed by atoms with Gasteiger partial charge >= 0.3 is 12.0 Å². The zero-order valence-electron chi connectivity index (χ0n) is 21.1. The van der Waals surface area contributed by atoms with Gasteiger partial charge in [-0.3, -0.25) is 4.90 Å². The van der Waals surface area contributed by atoms with E-state index in [1.54, 1.807) is 26.2 Å². The second-order valence-electron chi connectivity index (χ2n) is 8.82. The minimum absolute atomic E-state index is 0.238. The fraction of sp³-hybridized carbons (Fsp3) is 0.407. The Morgan fingerprint density at radius 1 is 1.11 bits per heavy atom. The van der Waals surface area contributed by atoms with Crippen molar-refractivity contribution < 1.29 is 23.8 Å². The lowest BCUT2D eigenvalue weighted by Crippen LogP contribution is -2.48. The van der Waals surface area contributed by atoms with Crippen LogP contribution in [-0.4, -0.2) is 70.5 Å². The van der Waals surface area contributed by atoms with Crippen LogP contribution in [0.25, 0.3) is 0 Å². The van der Waals surface area contributed by atoms with Gasteiger partial charge in [0.1, 0.15) is 5.75 Å². The third-order valence-corrected chi connectivity index (χ3v) is 6.31. The molecule has 2 aromatic rings.